The molecule has 0 unspecified atom stereocenters. The van der Waals surface area contributed by atoms with Gasteiger partial charge in [0.05, 0.1) is 10.5 Å². The number of aromatic nitrogens is 1. The van der Waals surface area contributed by atoms with Crippen LogP contribution in [0.3, 0.4) is 0 Å². The zero-order valence-corrected chi connectivity index (χ0v) is 20.7. The molecule has 1 N–H and O–H groups in total. The summed E-state index contributed by atoms with van der Waals surface area (Å²) in [7, 11) is -3.68. The van der Waals surface area contributed by atoms with Crippen LogP contribution in [0.5, 0.6) is 0 Å². The minimum absolute atomic E-state index is 0.0380. The zero-order chi connectivity index (χ0) is 27.3. The molecule has 38 heavy (non-hydrogen) atoms. The lowest BCUT2D eigenvalue weighted by Crippen LogP contribution is -2.51. The van der Waals surface area contributed by atoms with E-state index in [2.05, 4.69) is 10.3 Å². The molecule has 1 fully saturated rings. The molecule has 200 valence electrons. The van der Waals surface area contributed by atoms with Crippen LogP contribution in [0.4, 0.5) is 24.7 Å². The minimum Gasteiger partial charge on any atom is -0.452 e. The molecule has 1 aliphatic rings. The van der Waals surface area contributed by atoms with Gasteiger partial charge in [0, 0.05) is 38.1 Å². The Bertz CT molecular complexity index is 1410. The Morgan fingerprint density at radius 2 is 1.66 bits per heavy atom. The van der Waals surface area contributed by atoms with E-state index in [-0.39, 0.29) is 48.1 Å². The lowest BCUT2D eigenvalue weighted by Gasteiger charge is -2.33. The molecule has 13 heteroatoms. The summed E-state index contributed by atoms with van der Waals surface area (Å²) in [6.45, 7) is -0.174. The maximum atomic E-state index is 13.0. The van der Waals surface area contributed by atoms with Crippen LogP contribution in [-0.2, 0) is 25.7 Å². The second kappa shape index (κ2) is 11.2. The van der Waals surface area contributed by atoms with Crippen LogP contribution in [0.2, 0.25) is 0 Å². The third kappa shape index (κ3) is 6.29. The summed E-state index contributed by atoms with van der Waals surface area (Å²) in [6, 6.07) is 15.2. The molecule has 0 aliphatic carbocycles. The number of carbonyl (C=O) groups excluding carboxylic acids is 2. The van der Waals surface area contributed by atoms with Crippen LogP contribution in [0.1, 0.15) is 15.9 Å². The van der Waals surface area contributed by atoms with E-state index < -0.39 is 40.2 Å². The van der Waals surface area contributed by atoms with Crippen molar-refractivity contribution in [1.29, 1.82) is 0 Å². The molecular weight excluding hydrogens is 525 g/mol. The van der Waals surface area contributed by atoms with Gasteiger partial charge in [0.2, 0.25) is 10.0 Å². The van der Waals surface area contributed by atoms with Crippen LogP contribution in [0.15, 0.2) is 77.8 Å². The molecule has 1 aliphatic heterocycles. The van der Waals surface area contributed by atoms with Crippen molar-refractivity contribution >= 4 is 33.4 Å². The second-order valence-electron chi connectivity index (χ2n) is 8.28. The molecule has 0 radical (unpaired) electrons. The number of hydrogen-bond acceptors (Lipinski definition) is 7. The number of ether oxygens (including phenoxy) is 1. The van der Waals surface area contributed by atoms with Crippen molar-refractivity contribution in [2.75, 3.05) is 38.1 Å². The number of nitrogens with zero attached hydrogens (tertiary/aromatic N) is 3. The van der Waals surface area contributed by atoms with Crippen LogP contribution < -0.4 is 5.32 Å². The van der Waals surface area contributed by atoms with Crippen molar-refractivity contribution in [3.05, 3.63) is 84.1 Å². The van der Waals surface area contributed by atoms with E-state index in [0.717, 1.165) is 12.1 Å². The molecule has 0 saturated carbocycles. The normalized spacial score (nSPS) is 14.7. The summed E-state index contributed by atoms with van der Waals surface area (Å²) in [6.07, 6.45) is -3.19. The highest BCUT2D eigenvalue weighted by molar-refractivity contribution is 7.89. The monoisotopic (exact) mass is 548 g/mol. The fourth-order valence-corrected chi connectivity index (χ4v) is 5.24. The molecular formula is C25H23F3N4O5S. The lowest BCUT2D eigenvalue weighted by molar-refractivity contribution is -0.137. The summed E-state index contributed by atoms with van der Waals surface area (Å²) < 4.78 is 71.0. The Morgan fingerprint density at radius 1 is 0.947 bits per heavy atom. The number of hydrogen-bond donors (Lipinski definition) is 1. The molecule has 0 atom stereocenters. The molecule has 0 bridgehead atoms. The van der Waals surface area contributed by atoms with Gasteiger partial charge in [0.25, 0.3) is 5.91 Å². The van der Waals surface area contributed by atoms with Crippen LogP contribution in [0.25, 0.3) is 0 Å². The lowest BCUT2D eigenvalue weighted by atomic mass is 10.2. The molecule has 1 amide bonds. The van der Waals surface area contributed by atoms with E-state index in [0.29, 0.717) is 0 Å². The molecule has 1 saturated heterocycles. The second-order valence-corrected chi connectivity index (χ2v) is 10.2. The number of anilines is 2. The topological polar surface area (TPSA) is 109 Å². The molecule has 1 aromatic heterocycles. The highest BCUT2D eigenvalue weighted by Crippen LogP contribution is 2.31. The molecule has 2 heterocycles. The maximum Gasteiger partial charge on any atom is 0.416 e. The van der Waals surface area contributed by atoms with Crippen molar-refractivity contribution in [3.8, 4) is 0 Å². The summed E-state index contributed by atoms with van der Waals surface area (Å²) in [4.78, 5) is 30.9. The smallest absolute Gasteiger partial charge is 0.416 e. The average Bonchev–Trinajstić information content (AvgIpc) is 2.92. The van der Waals surface area contributed by atoms with Gasteiger partial charge in [-0.15, -0.1) is 0 Å². The number of benzene rings is 2. The number of sulfonamides is 1. The number of piperazine rings is 1. The standard InChI is InChI=1S/C25H23F3N4O5S/c26-25(27,28)18-6-4-7-19(16-18)30-23-21(10-5-11-29-23)24(34)37-17-22(33)31-12-14-32(15-13-31)38(35,36)20-8-2-1-3-9-20/h1-11,16H,12-15,17H2,(H,29,30). The fraction of sp³-hybridized carbons (Fsp3) is 0.240. The van der Waals surface area contributed by atoms with Crippen molar-refractivity contribution in [1.82, 2.24) is 14.2 Å². The van der Waals surface area contributed by atoms with Crippen molar-refractivity contribution < 1.29 is 35.9 Å². The predicted molar refractivity (Wildman–Crippen MR) is 131 cm³/mol. The first kappa shape index (κ1) is 27.1. The first-order valence-electron chi connectivity index (χ1n) is 11.4. The van der Waals surface area contributed by atoms with Crippen molar-refractivity contribution in [3.63, 3.8) is 0 Å². The third-order valence-electron chi connectivity index (χ3n) is 5.78. The van der Waals surface area contributed by atoms with Gasteiger partial charge in [0.15, 0.2) is 6.61 Å². The van der Waals surface area contributed by atoms with E-state index in [1.54, 1.807) is 18.2 Å². The maximum absolute atomic E-state index is 13.0. The number of nitrogens with one attached hydrogen (secondary N) is 1. The zero-order valence-electron chi connectivity index (χ0n) is 19.9. The van der Waals surface area contributed by atoms with Gasteiger partial charge in [-0.25, -0.2) is 18.2 Å². The molecule has 2 aromatic carbocycles. The van der Waals surface area contributed by atoms with Gasteiger partial charge in [-0.05, 0) is 42.5 Å². The summed E-state index contributed by atoms with van der Waals surface area (Å²) in [5.41, 5.74) is -0.881. The number of esters is 1. The van der Waals surface area contributed by atoms with Gasteiger partial charge in [-0.2, -0.15) is 17.5 Å². The number of carbonyl (C=O) groups is 2. The SMILES string of the molecule is O=C(OCC(=O)N1CCN(S(=O)(=O)c2ccccc2)CC1)c1cccnc1Nc1cccc(C(F)(F)F)c1. The van der Waals surface area contributed by atoms with Crippen LogP contribution >= 0.6 is 0 Å². The number of amides is 1. The Morgan fingerprint density at radius 3 is 2.34 bits per heavy atom. The number of alkyl halides is 3. The van der Waals surface area contributed by atoms with E-state index >= 15 is 0 Å². The van der Waals surface area contributed by atoms with Gasteiger partial charge < -0.3 is 15.0 Å². The van der Waals surface area contributed by atoms with Gasteiger partial charge in [0.1, 0.15) is 11.4 Å². The Labute approximate surface area is 216 Å². The Hall–Kier alpha value is -3.97. The van der Waals surface area contributed by atoms with Crippen LogP contribution in [0, 0.1) is 0 Å². The van der Waals surface area contributed by atoms with Crippen LogP contribution in [-0.4, -0.2) is 67.3 Å². The van der Waals surface area contributed by atoms with Gasteiger partial charge in [-0.3, -0.25) is 4.79 Å². The molecule has 4 rings (SSSR count). The van der Waals surface area contributed by atoms with Crippen molar-refractivity contribution in [2.45, 2.75) is 11.1 Å². The number of halogens is 3. The molecule has 9 nitrogen and oxygen atoms in total. The Balaban J connectivity index is 1.34. The fourth-order valence-electron chi connectivity index (χ4n) is 3.80. The third-order valence-corrected chi connectivity index (χ3v) is 7.69. The van der Waals surface area contributed by atoms with Gasteiger partial charge in [-0.1, -0.05) is 24.3 Å². The summed E-state index contributed by atoms with van der Waals surface area (Å²) in [5, 5.41) is 2.68. The first-order valence-corrected chi connectivity index (χ1v) is 12.9. The van der Waals surface area contributed by atoms with Gasteiger partial charge >= 0.3 is 12.1 Å². The predicted octanol–water partition coefficient (Wildman–Crippen LogP) is 3.53. The molecule has 0 spiro atoms. The van der Waals surface area contributed by atoms with E-state index in [4.69, 9.17) is 4.74 Å². The quantitative estimate of drug-likeness (QED) is 0.450. The number of pyridine rings is 1. The minimum atomic E-state index is -4.54. The highest BCUT2D eigenvalue weighted by atomic mass is 32.2. The summed E-state index contributed by atoms with van der Waals surface area (Å²) >= 11 is 0. The highest BCUT2D eigenvalue weighted by Gasteiger charge is 2.31. The van der Waals surface area contributed by atoms with E-state index in [1.807, 2.05) is 0 Å². The number of rotatable bonds is 7. The van der Waals surface area contributed by atoms with E-state index in [1.165, 1.54) is 51.8 Å². The Kier molecular flexibility index (Phi) is 7.97. The average molecular weight is 549 g/mol. The first-order chi connectivity index (χ1) is 18.1. The largest absolute Gasteiger partial charge is 0.452 e. The molecule has 3 aromatic rings. The van der Waals surface area contributed by atoms with Crippen molar-refractivity contribution in [2.24, 2.45) is 0 Å². The summed E-state index contributed by atoms with van der Waals surface area (Å²) in [5.74, 6) is -1.44. The van der Waals surface area contributed by atoms with E-state index in [9.17, 15) is 31.2 Å².